The summed E-state index contributed by atoms with van der Waals surface area (Å²) in [6.07, 6.45) is -0.474. The van der Waals surface area contributed by atoms with Crippen LogP contribution in [0.3, 0.4) is 0 Å². The van der Waals surface area contributed by atoms with Gasteiger partial charge < -0.3 is 23.8 Å². The van der Waals surface area contributed by atoms with Gasteiger partial charge in [0.25, 0.3) is 0 Å². The molecule has 0 N–H and O–H groups in total. The van der Waals surface area contributed by atoms with Crippen LogP contribution in [-0.4, -0.2) is 56.6 Å². The number of para-hydroxylation sites is 2. The molecule has 1 aliphatic rings. The zero-order chi connectivity index (χ0) is 15.8. The minimum atomic E-state index is -0.300. The molecular weight excluding hydrogens is 286 g/mol. The van der Waals surface area contributed by atoms with Crippen LogP contribution < -0.4 is 9.47 Å². The fraction of sp³-hybridized carbons (Fsp3) is 0.562. The maximum absolute atomic E-state index is 11.7. The Morgan fingerprint density at radius 1 is 1.23 bits per heavy atom. The molecule has 1 aliphatic heterocycles. The summed E-state index contributed by atoms with van der Waals surface area (Å²) >= 11 is 0. The largest absolute Gasteiger partial charge is 0.490 e. The van der Waals surface area contributed by atoms with Crippen LogP contribution >= 0.6 is 0 Å². The topological polar surface area (TPSA) is 57.2 Å². The molecule has 2 rings (SSSR count). The molecule has 1 amide bonds. The van der Waals surface area contributed by atoms with Crippen molar-refractivity contribution in [3.63, 3.8) is 0 Å². The molecule has 1 fully saturated rings. The molecule has 0 spiro atoms. The summed E-state index contributed by atoms with van der Waals surface area (Å²) in [6, 6.07) is 7.52. The quantitative estimate of drug-likeness (QED) is 0.807. The van der Waals surface area contributed by atoms with E-state index in [-0.39, 0.29) is 12.2 Å². The van der Waals surface area contributed by atoms with Crippen molar-refractivity contribution in [1.29, 1.82) is 0 Å². The SMILES string of the molecule is CCOC(=O)N1CCOC(COc2ccccc2OCC)C1. The van der Waals surface area contributed by atoms with Gasteiger partial charge >= 0.3 is 6.09 Å². The Hall–Kier alpha value is -1.95. The highest BCUT2D eigenvalue weighted by Gasteiger charge is 2.25. The molecule has 0 aliphatic carbocycles. The Bertz CT molecular complexity index is 479. The lowest BCUT2D eigenvalue weighted by atomic mass is 10.3. The lowest BCUT2D eigenvalue weighted by Gasteiger charge is -2.32. The second kappa shape index (κ2) is 8.48. The van der Waals surface area contributed by atoms with Crippen molar-refractivity contribution in [2.45, 2.75) is 20.0 Å². The first-order valence-corrected chi connectivity index (χ1v) is 7.62. The first-order valence-electron chi connectivity index (χ1n) is 7.62. The van der Waals surface area contributed by atoms with Crippen LogP contribution in [0.4, 0.5) is 4.79 Å². The maximum atomic E-state index is 11.7. The molecule has 1 heterocycles. The average Bonchev–Trinajstić information content (AvgIpc) is 2.55. The minimum Gasteiger partial charge on any atom is -0.490 e. The van der Waals surface area contributed by atoms with Crippen LogP contribution in [-0.2, 0) is 9.47 Å². The van der Waals surface area contributed by atoms with Crippen LogP contribution in [0.2, 0.25) is 0 Å². The highest BCUT2D eigenvalue weighted by atomic mass is 16.6. The Balaban J connectivity index is 1.87. The van der Waals surface area contributed by atoms with E-state index in [2.05, 4.69) is 0 Å². The highest BCUT2D eigenvalue weighted by Crippen LogP contribution is 2.26. The lowest BCUT2D eigenvalue weighted by Crippen LogP contribution is -2.47. The third kappa shape index (κ3) is 4.53. The van der Waals surface area contributed by atoms with Crippen molar-refractivity contribution < 1.29 is 23.7 Å². The van der Waals surface area contributed by atoms with E-state index in [1.54, 1.807) is 11.8 Å². The number of carbonyl (C=O) groups excluding carboxylic acids is 1. The van der Waals surface area contributed by atoms with Crippen molar-refractivity contribution in [2.75, 3.05) is 39.5 Å². The number of hydrogen-bond donors (Lipinski definition) is 0. The van der Waals surface area contributed by atoms with E-state index >= 15 is 0 Å². The van der Waals surface area contributed by atoms with E-state index < -0.39 is 0 Å². The maximum Gasteiger partial charge on any atom is 0.409 e. The molecule has 0 saturated carbocycles. The number of morpholine rings is 1. The van der Waals surface area contributed by atoms with Gasteiger partial charge in [-0.1, -0.05) is 12.1 Å². The third-order valence-corrected chi connectivity index (χ3v) is 3.24. The predicted molar refractivity (Wildman–Crippen MR) is 81.4 cm³/mol. The van der Waals surface area contributed by atoms with E-state index in [1.165, 1.54) is 0 Å². The fourth-order valence-corrected chi connectivity index (χ4v) is 2.23. The number of carbonyl (C=O) groups is 1. The highest BCUT2D eigenvalue weighted by molar-refractivity contribution is 5.67. The molecule has 1 saturated heterocycles. The van der Waals surface area contributed by atoms with Crippen LogP contribution in [0.5, 0.6) is 11.5 Å². The molecule has 0 aromatic heterocycles. The van der Waals surface area contributed by atoms with Crippen molar-refractivity contribution in [2.24, 2.45) is 0 Å². The summed E-state index contributed by atoms with van der Waals surface area (Å²) < 4.78 is 22.0. The number of amides is 1. The van der Waals surface area contributed by atoms with Gasteiger partial charge in [-0.15, -0.1) is 0 Å². The second-order valence-corrected chi connectivity index (χ2v) is 4.83. The standard InChI is InChI=1S/C16H23NO5/c1-3-19-14-7-5-6-8-15(14)22-12-13-11-17(9-10-21-13)16(18)20-4-2/h5-8,13H,3-4,9-12H2,1-2H3. The molecule has 0 bridgehead atoms. The second-order valence-electron chi connectivity index (χ2n) is 4.83. The first kappa shape index (κ1) is 16.4. The molecule has 6 heteroatoms. The van der Waals surface area contributed by atoms with Gasteiger partial charge in [0.2, 0.25) is 0 Å². The zero-order valence-corrected chi connectivity index (χ0v) is 13.1. The van der Waals surface area contributed by atoms with Crippen LogP contribution in [0.15, 0.2) is 24.3 Å². The number of ether oxygens (including phenoxy) is 4. The molecule has 1 atom stereocenters. The summed E-state index contributed by atoms with van der Waals surface area (Å²) in [7, 11) is 0. The van der Waals surface area contributed by atoms with Gasteiger partial charge in [-0.25, -0.2) is 4.79 Å². The molecule has 1 aromatic rings. The molecule has 1 unspecified atom stereocenters. The first-order chi connectivity index (χ1) is 10.7. The summed E-state index contributed by atoms with van der Waals surface area (Å²) in [5.41, 5.74) is 0. The van der Waals surface area contributed by atoms with E-state index in [0.717, 1.165) is 0 Å². The molecule has 6 nitrogen and oxygen atoms in total. The van der Waals surface area contributed by atoms with Crippen molar-refractivity contribution in [3.8, 4) is 11.5 Å². The van der Waals surface area contributed by atoms with Gasteiger partial charge in [0.1, 0.15) is 12.7 Å². The summed E-state index contributed by atoms with van der Waals surface area (Å²) in [5, 5.41) is 0. The van der Waals surface area contributed by atoms with E-state index in [0.29, 0.717) is 51.0 Å². The van der Waals surface area contributed by atoms with Gasteiger partial charge in [0.05, 0.1) is 26.4 Å². The Morgan fingerprint density at radius 3 is 2.64 bits per heavy atom. The summed E-state index contributed by atoms with van der Waals surface area (Å²) in [4.78, 5) is 13.4. The van der Waals surface area contributed by atoms with Crippen LogP contribution in [0.25, 0.3) is 0 Å². The minimum absolute atomic E-state index is 0.173. The average molecular weight is 309 g/mol. The van der Waals surface area contributed by atoms with E-state index in [1.807, 2.05) is 31.2 Å². The van der Waals surface area contributed by atoms with Gasteiger partial charge in [0.15, 0.2) is 11.5 Å². The zero-order valence-electron chi connectivity index (χ0n) is 13.1. The van der Waals surface area contributed by atoms with Crippen molar-refractivity contribution in [3.05, 3.63) is 24.3 Å². The monoisotopic (exact) mass is 309 g/mol. The smallest absolute Gasteiger partial charge is 0.409 e. The number of rotatable bonds is 6. The predicted octanol–water partition coefficient (Wildman–Crippen LogP) is 2.32. The molecule has 122 valence electrons. The van der Waals surface area contributed by atoms with Gasteiger partial charge in [-0.3, -0.25) is 0 Å². The van der Waals surface area contributed by atoms with Gasteiger partial charge in [-0.2, -0.15) is 0 Å². The normalized spacial score (nSPS) is 17.9. The Kier molecular flexibility index (Phi) is 6.33. The summed E-state index contributed by atoms with van der Waals surface area (Å²) in [6.45, 7) is 6.54. The summed E-state index contributed by atoms with van der Waals surface area (Å²) in [5.74, 6) is 1.39. The van der Waals surface area contributed by atoms with Crippen molar-refractivity contribution in [1.82, 2.24) is 4.90 Å². The van der Waals surface area contributed by atoms with E-state index in [4.69, 9.17) is 18.9 Å². The van der Waals surface area contributed by atoms with Gasteiger partial charge in [0, 0.05) is 6.54 Å². The van der Waals surface area contributed by atoms with E-state index in [9.17, 15) is 4.79 Å². The molecule has 0 radical (unpaired) electrons. The van der Waals surface area contributed by atoms with Gasteiger partial charge in [-0.05, 0) is 26.0 Å². The fourth-order valence-electron chi connectivity index (χ4n) is 2.23. The van der Waals surface area contributed by atoms with Crippen LogP contribution in [0.1, 0.15) is 13.8 Å². The molecule has 1 aromatic carbocycles. The Labute approximate surface area is 130 Å². The Morgan fingerprint density at radius 2 is 1.95 bits per heavy atom. The number of hydrogen-bond acceptors (Lipinski definition) is 5. The molecule has 22 heavy (non-hydrogen) atoms. The molecular formula is C16H23NO5. The number of nitrogens with zero attached hydrogens (tertiary/aromatic N) is 1. The number of benzene rings is 1. The van der Waals surface area contributed by atoms with Crippen LogP contribution in [0, 0.1) is 0 Å². The lowest BCUT2D eigenvalue weighted by molar-refractivity contribution is -0.0450. The van der Waals surface area contributed by atoms with Crippen molar-refractivity contribution >= 4 is 6.09 Å². The third-order valence-electron chi connectivity index (χ3n) is 3.24.